The molecule has 0 radical (unpaired) electrons. The van der Waals surface area contributed by atoms with Crippen LogP contribution in [0.4, 0.5) is 10.3 Å². The Bertz CT molecular complexity index is 1150. The monoisotopic (exact) mass is 450 g/mol. The Labute approximate surface area is 179 Å². The molecule has 1 aliphatic heterocycles. The maximum absolute atomic E-state index is 13.4. The summed E-state index contributed by atoms with van der Waals surface area (Å²) in [6.07, 6.45) is -0.243. The van der Waals surface area contributed by atoms with Crippen LogP contribution in [-0.2, 0) is 14.6 Å². The van der Waals surface area contributed by atoms with Gasteiger partial charge in [0, 0.05) is 13.1 Å². The number of oxazole rings is 1. The van der Waals surface area contributed by atoms with Gasteiger partial charge in [0.2, 0.25) is 26.6 Å². The molecule has 158 valence electrons. The number of morpholine rings is 1. The summed E-state index contributed by atoms with van der Waals surface area (Å²) in [6.45, 7) is 4.69. The molecule has 0 saturated carbocycles. The van der Waals surface area contributed by atoms with E-state index in [0.29, 0.717) is 23.7 Å². The highest BCUT2D eigenvalue weighted by Gasteiger charge is 2.34. The molecular weight excluding hydrogens is 431 g/mol. The molecule has 0 aliphatic carbocycles. The molecule has 4 rings (SSSR count). The molecule has 0 amide bonds. The van der Waals surface area contributed by atoms with Crippen molar-refractivity contribution in [3.8, 4) is 11.5 Å². The third-order valence-electron chi connectivity index (χ3n) is 4.77. The number of nitrogens with zero attached hydrogens (tertiary/aromatic N) is 2. The van der Waals surface area contributed by atoms with Gasteiger partial charge in [-0.15, -0.1) is 0 Å². The SMILES string of the molecule is C[C@@H]1CN(c2oc(-c3ccccc3Cl)nc2S(=O)(=O)c2ccc(F)cc2)C[C@H](C)O1. The minimum atomic E-state index is -4.07. The van der Waals surface area contributed by atoms with E-state index in [1.807, 2.05) is 18.7 Å². The molecule has 0 N–H and O–H groups in total. The van der Waals surface area contributed by atoms with Gasteiger partial charge < -0.3 is 14.1 Å². The van der Waals surface area contributed by atoms with E-state index in [1.165, 1.54) is 12.1 Å². The van der Waals surface area contributed by atoms with E-state index < -0.39 is 15.7 Å². The van der Waals surface area contributed by atoms with Crippen molar-refractivity contribution >= 4 is 27.3 Å². The van der Waals surface area contributed by atoms with Gasteiger partial charge in [-0.25, -0.2) is 12.8 Å². The number of anilines is 1. The van der Waals surface area contributed by atoms with Crippen LogP contribution < -0.4 is 4.90 Å². The first-order valence-electron chi connectivity index (χ1n) is 9.42. The summed E-state index contributed by atoms with van der Waals surface area (Å²) < 4.78 is 51.8. The Hall–Kier alpha value is -2.42. The predicted molar refractivity (Wildman–Crippen MR) is 111 cm³/mol. The van der Waals surface area contributed by atoms with Crippen LogP contribution in [0, 0.1) is 5.82 Å². The van der Waals surface area contributed by atoms with Gasteiger partial charge in [-0.2, -0.15) is 4.98 Å². The smallest absolute Gasteiger partial charge is 0.236 e. The van der Waals surface area contributed by atoms with Gasteiger partial charge in [-0.3, -0.25) is 0 Å². The summed E-state index contributed by atoms with van der Waals surface area (Å²) >= 11 is 6.28. The maximum atomic E-state index is 13.4. The second-order valence-corrected chi connectivity index (χ2v) is 9.50. The fraction of sp³-hybridized carbons (Fsp3) is 0.286. The molecule has 1 fully saturated rings. The molecule has 1 saturated heterocycles. The van der Waals surface area contributed by atoms with Crippen molar-refractivity contribution in [2.24, 2.45) is 0 Å². The number of ether oxygens (including phenoxy) is 1. The third-order valence-corrected chi connectivity index (χ3v) is 6.77. The van der Waals surface area contributed by atoms with Crippen molar-refractivity contribution in [3.05, 3.63) is 59.4 Å². The van der Waals surface area contributed by atoms with Crippen LogP contribution in [0.1, 0.15) is 13.8 Å². The van der Waals surface area contributed by atoms with Crippen molar-refractivity contribution in [2.45, 2.75) is 36.0 Å². The van der Waals surface area contributed by atoms with Crippen LogP contribution in [0.3, 0.4) is 0 Å². The summed E-state index contributed by atoms with van der Waals surface area (Å²) in [7, 11) is -4.07. The summed E-state index contributed by atoms with van der Waals surface area (Å²) in [5.74, 6) is -0.304. The molecule has 9 heteroatoms. The fourth-order valence-electron chi connectivity index (χ4n) is 3.49. The van der Waals surface area contributed by atoms with Crippen LogP contribution >= 0.6 is 11.6 Å². The molecule has 6 nitrogen and oxygen atoms in total. The van der Waals surface area contributed by atoms with Gasteiger partial charge in [0.05, 0.1) is 27.7 Å². The van der Waals surface area contributed by atoms with E-state index in [4.69, 9.17) is 20.8 Å². The van der Waals surface area contributed by atoms with Gasteiger partial charge in [-0.05, 0) is 50.2 Å². The standard InChI is InChI=1S/C21H20ClFN2O4S/c1-13-11-25(12-14(2)28-13)21-20(30(26,27)16-9-7-15(23)8-10-16)24-19(29-21)17-5-3-4-6-18(17)22/h3-10,13-14H,11-12H2,1-2H3/t13-,14+. The summed E-state index contributed by atoms with van der Waals surface area (Å²) in [4.78, 5) is 6.06. The summed E-state index contributed by atoms with van der Waals surface area (Å²) in [6, 6.07) is 11.5. The van der Waals surface area contributed by atoms with Crippen LogP contribution in [0.5, 0.6) is 0 Å². The molecular formula is C21H20ClFN2O4S. The highest BCUT2D eigenvalue weighted by molar-refractivity contribution is 7.91. The average molecular weight is 451 g/mol. The number of hydrogen-bond acceptors (Lipinski definition) is 6. The van der Waals surface area contributed by atoms with Gasteiger partial charge in [0.15, 0.2) is 0 Å². The Morgan fingerprint density at radius 1 is 1.07 bits per heavy atom. The fourth-order valence-corrected chi connectivity index (χ4v) is 5.03. The van der Waals surface area contributed by atoms with Crippen molar-refractivity contribution < 1.29 is 22.0 Å². The molecule has 2 atom stereocenters. The van der Waals surface area contributed by atoms with E-state index >= 15 is 0 Å². The van der Waals surface area contributed by atoms with Crippen LogP contribution in [0.2, 0.25) is 5.02 Å². The molecule has 1 aliphatic rings. The lowest BCUT2D eigenvalue weighted by Gasteiger charge is -2.35. The number of aromatic nitrogens is 1. The minimum Gasteiger partial charge on any atom is -0.419 e. The molecule has 30 heavy (non-hydrogen) atoms. The summed E-state index contributed by atoms with van der Waals surface area (Å²) in [5.41, 5.74) is 0.482. The third kappa shape index (κ3) is 3.95. The molecule has 3 aromatic rings. The Kier molecular flexibility index (Phi) is 5.57. The Morgan fingerprint density at radius 2 is 1.70 bits per heavy atom. The lowest BCUT2D eigenvalue weighted by molar-refractivity contribution is -0.00657. The van der Waals surface area contributed by atoms with Crippen molar-refractivity contribution in [1.82, 2.24) is 4.98 Å². The normalized spacial score (nSPS) is 19.8. The number of rotatable bonds is 4. The zero-order chi connectivity index (χ0) is 21.5. The van der Waals surface area contributed by atoms with Crippen molar-refractivity contribution in [3.63, 3.8) is 0 Å². The van der Waals surface area contributed by atoms with E-state index in [9.17, 15) is 12.8 Å². The average Bonchev–Trinajstić information content (AvgIpc) is 3.14. The van der Waals surface area contributed by atoms with E-state index in [2.05, 4.69) is 4.98 Å². The van der Waals surface area contributed by atoms with Crippen molar-refractivity contribution in [1.29, 1.82) is 0 Å². The Balaban J connectivity index is 1.87. The largest absolute Gasteiger partial charge is 0.419 e. The lowest BCUT2D eigenvalue weighted by atomic mass is 10.2. The number of sulfone groups is 1. The molecule has 0 unspecified atom stereocenters. The number of hydrogen-bond donors (Lipinski definition) is 0. The Morgan fingerprint density at radius 3 is 2.33 bits per heavy atom. The molecule has 2 aromatic carbocycles. The molecule has 0 bridgehead atoms. The van der Waals surface area contributed by atoms with Gasteiger partial charge in [0.25, 0.3) is 0 Å². The number of halogens is 2. The van der Waals surface area contributed by atoms with E-state index in [1.54, 1.807) is 24.3 Å². The van der Waals surface area contributed by atoms with Crippen molar-refractivity contribution in [2.75, 3.05) is 18.0 Å². The molecule has 1 aromatic heterocycles. The minimum absolute atomic E-state index is 0.0708. The lowest BCUT2D eigenvalue weighted by Crippen LogP contribution is -2.45. The van der Waals surface area contributed by atoms with Crippen LogP contribution in [-0.4, -0.2) is 38.7 Å². The molecule has 0 spiro atoms. The van der Waals surface area contributed by atoms with E-state index in [0.717, 1.165) is 12.1 Å². The highest BCUT2D eigenvalue weighted by Crippen LogP contribution is 2.37. The number of benzene rings is 2. The first-order chi connectivity index (χ1) is 14.3. The van der Waals surface area contributed by atoms with Gasteiger partial charge in [0.1, 0.15) is 5.82 Å². The van der Waals surface area contributed by atoms with Crippen LogP contribution in [0.25, 0.3) is 11.5 Å². The predicted octanol–water partition coefficient (Wildman–Crippen LogP) is 4.58. The first kappa shape index (κ1) is 20.8. The second kappa shape index (κ2) is 8.02. The quantitative estimate of drug-likeness (QED) is 0.542. The van der Waals surface area contributed by atoms with E-state index in [-0.39, 0.29) is 33.9 Å². The first-order valence-corrected chi connectivity index (χ1v) is 11.3. The zero-order valence-corrected chi connectivity index (χ0v) is 18.0. The maximum Gasteiger partial charge on any atom is 0.236 e. The zero-order valence-electron chi connectivity index (χ0n) is 16.4. The summed E-state index contributed by atoms with van der Waals surface area (Å²) in [5, 5.41) is 0.157. The van der Waals surface area contributed by atoms with Crippen LogP contribution in [0.15, 0.2) is 62.9 Å². The molecule has 2 heterocycles. The van der Waals surface area contributed by atoms with Gasteiger partial charge >= 0.3 is 0 Å². The second-order valence-electron chi connectivity index (χ2n) is 7.23. The van der Waals surface area contributed by atoms with Gasteiger partial charge in [-0.1, -0.05) is 23.7 Å². The highest BCUT2D eigenvalue weighted by atomic mass is 35.5. The topological polar surface area (TPSA) is 72.6 Å².